The minimum absolute atomic E-state index is 0.406. The van der Waals surface area contributed by atoms with Crippen LogP contribution in [0.5, 0.6) is 11.5 Å². The van der Waals surface area contributed by atoms with E-state index in [1.807, 2.05) is 35.0 Å². The number of likely N-dealkylation sites (tertiary alicyclic amines) is 1. The minimum atomic E-state index is 0.406. The van der Waals surface area contributed by atoms with Gasteiger partial charge >= 0.3 is 0 Å². The molecule has 1 aromatic carbocycles. The zero-order valence-electron chi connectivity index (χ0n) is 15.5. The Hall–Kier alpha value is -2.60. The van der Waals surface area contributed by atoms with Gasteiger partial charge in [-0.05, 0) is 44.6 Å². The van der Waals surface area contributed by atoms with Crippen molar-refractivity contribution in [2.24, 2.45) is 0 Å². The number of para-hydroxylation sites is 1. The number of nitrogens with zero attached hydrogens (tertiary/aromatic N) is 4. The Labute approximate surface area is 153 Å². The predicted molar refractivity (Wildman–Crippen MR) is 101 cm³/mol. The number of aromatic nitrogens is 3. The number of pyridine rings is 1. The first-order valence-electron chi connectivity index (χ1n) is 8.96. The van der Waals surface area contributed by atoms with Crippen molar-refractivity contribution in [1.82, 2.24) is 19.5 Å². The normalized spacial score (nSPS) is 18.2. The zero-order valence-corrected chi connectivity index (χ0v) is 15.5. The van der Waals surface area contributed by atoms with Crippen LogP contribution in [0.25, 0.3) is 16.8 Å². The van der Waals surface area contributed by atoms with Crippen LogP contribution in [0.1, 0.15) is 24.6 Å². The van der Waals surface area contributed by atoms with Gasteiger partial charge in [-0.2, -0.15) is 5.10 Å². The molecule has 6 heteroatoms. The molecule has 0 N–H and O–H groups in total. The lowest BCUT2D eigenvalue weighted by Gasteiger charge is -2.27. The van der Waals surface area contributed by atoms with Crippen LogP contribution in [0.4, 0.5) is 0 Å². The first-order valence-corrected chi connectivity index (χ1v) is 8.96. The number of hydrogen-bond donors (Lipinski definition) is 0. The fraction of sp³-hybridized carbons (Fsp3) is 0.400. The number of likely N-dealkylation sites (N-methyl/N-ethyl adjacent to an activating group) is 1. The zero-order chi connectivity index (χ0) is 18.1. The SMILES string of the molecule is COc1cccc(-c2ccc3nc([C@H]4CCCN(C)C4)nn3c2)c1OC. The molecule has 3 heterocycles. The van der Waals surface area contributed by atoms with Gasteiger partial charge in [-0.15, -0.1) is 0 Å². The van der Waals surface area contributed by atoms with E-state index in [2.05, 4.69) is 18.0 Å². The molecular formula is C20H24N4O2. The van der Waals surface area contributed by atoms with E-state index in [1.54, 1.807) is 14.2 Å². The van der Waals surface area contributed by atoms with Gasteiger partial charge in [0.1, 0.15) is 0 Å². The molecule has 2 aromatic heterocycles. The number of fused-ring (bicyclic) bond motifs is 1. The quantitative estimate of drug-likeness (QED) is 0.722. The smallest absolute Gasteiger partial charge is 0.168 e. The summed E-state index contributed by atoms with van der Waals surface area (Å²) in [6.07, 6.45) is 4.36. The van der Waals surface area contributed by atoms with Crippen LogP contribution < -0.4 is 9.47 Å². The number of ether oxygens (including phenoxy) is 2. The molecule has 0 unspecified atom stereocenters. The Balaban J connectivity index is 1.72. The van der Waals surface area contributed by atoms with E-state index in [9.17, 15) is 0 Å². The second-order valence-corrected chi connectivity index (χ2v) is 6.83. The molecule has 0 radical (unpaired) electrons. The maximum atomic E-state index is 5.57. The molecule has 0 saturated carbocycles. The summed E-state index contributed by atoms with van der Waals surface area (Å²) in [6, 6.07) is 9.95. The maximum absolute atomic E-state index is 5.57. The van der Waals surface area contributed by atoms with E-state index in [1.165, 1.54) is 6.42 Å². The summed E-state index contributed by atoms with van der Waals surface area (Å²) in [4.78, 5) is 7.10. The van der Waals surface area contributed by atoms with Crippen LogP contribution in [0.3, 0.4) is 0 Å². The summed E-state index contributed by atoms with van der Waals surface area (Å²) < 4.78 is 12.9. The van der Waals surface area contributed by atoms with Gasteiger partial charge < -0.3 is 14.4 Å². The molecule has 1 aliphatic rings. The van der Waals surface area contributed by atoms with Gasteiger partial charge in [0, 0.05) is 29.8 Å². The van der Waals surface area contributed by atoms with Crippen molar-refractivity contribution < 1.29 is 9.47 Å². The van der Waals surface area contributed by atoms with E-state index >= 15 is 0 Å². The molecule has 1 aliphatic heterocycles. The second kappa shape index (κ2) is 6.96. The average molecular weight is 352 g/mol. The van der Waals surface area contributed by atoms with Crippen LogP contribution in [0.2, 0.25) is 0 Å². The fourth-order valence-electron chi connectivity index (χ4n) is 3.72. The minimum Gasteiger partial charge on any atom is -0.493 e. The van der Waals surface area contributed by atoms with Gasteiger partial charge in [-0.1, -0.05) is 12.1 Å². The largest absolute Gasteiger partial charge is 0.493 e. The molecule has 0 spiro atoms. The summed E-state index contributed by atoms with van der Waals surface area (Å²) in [5.74, 6) is 2.79. The molecule has 4 rings (SSSR count). The maximum Gasteiger partial charge on any atom is 0.168 e. The summed E-state index contributed by atoms with van der Waals surface area (Å²) >= 11 is 0. The number of rotatable bonds is 4. The first-order chi connectivity index (χ1) is 12.7. The van der Waals surface area contributed by atoms with Crippen LogP contribution in [-0.2, 0) is 0 Å². The predicted octanol–water partition coefficient (Wildman–Crippen LogP) is 3.22. The lowest BCUT2D eigenvalue weighted by atomic mass is 9.98. The number of benzene rings is 1. The van der Waals surface area contributed by atoms with E-state index in [0.29, 0.717) is 5.92 Å². The highest BCUT2D eigenvalue weighted by molar-refractivity contribution is 5.74. The highest BCUT2D eigenvalue weighted by Gasteiger charge is 2.23. The first kappa shape index (κ1) is 16.8. The third kappa shape index (κ3) is 3.01. The number of hydrogen-bond acceptors (Lipinski definition) is 5. The van der Waals surface area contributed by atoms with Crippen molar-refractivity contribution in [1.29, 1.82) is 0 Å². The van der Waals surface area contributed by atoms with Gasteiger partial charge in [0.25, 0.3) is 0 Å². The molecule has 1 fully saturated rings. The van der Waals surface area contributed by atoms with E-state index < -0.39 is 0 Å². The highest BCUT2D eigenvalue weighted by Crippen LogP contribution is 2.37. The van der Waals surface area contributed by atoms with Crippen LogP contribution in [0.15, 0.2) is 36.5 Å². The summed E-state index contributed by atoms with van der Waals surface area (Å²) in [6.45, 7) is 2.18. The molecule has 26 heavy (non-hydrogen) atoms. The monoisotopic (exact) mass is 352 g/mol. The number of piperidine rings is 1. The lowest BCUT2D eigenvalue weighted by molar-refractivity contribution is 0.246. The average Bonchev–Trinajstić information content (AvgIpc) is 3.10. The summed E-state index contributed by atoms with van der Waals surface area (Å²) in [7, 11) is 5.47. The van der Waals surface area contributed by atoms with Gasteiger partial charge in [-0.25, -0.2) is 9.50 Å². The van der Waals surface area contributed by atoms with Gasteiger partial charge in [0.15, 0.2) is 23.0 Å². The Bertz CT molecular complexity index is 921. The Morgan fingerprint density at radius 3 is 2.77 bits per heavy atom. The van der Waals surface area contributed by atoms with Crippen LogP contribution in [0, 0.1) is 0 Å². The van der Waals surface area contributed by atoms with Crippen LogP contribution >= 0.6 is 0 Å². The second-order valence-electron chi connectivity index (χ2n) is 6.83. The van der Waals surface area contributed by atoms with Crippen molar-refractivity contribution in [2.45, 2.75) is 18.8 Å². The van der Waals surface area contributed by atoms with Gasteiger partial charge in [0.05, 0.1) is 14.2 Å². The van der Waals surface area contributed by atoms with Crippen molar-refractivity contribution in [3.8, 4) is 22.6 Å². The lowest BCUT2D eigenvalue weighted by Crippen LogP contribution is -2.31. The standard InChI is InChI=1S/C20H24N4O2/c1-23-11-5-6-15(12-23)20-21-18-10-9-14(13-24(18)22-20)16-7-4-8-17(25-2)19(16)26-3/h4,7-10,13,15H,5-6,11-12H2,1-3H3/t15-/m0/s1. The Kier molecular flexibility index (Phi) is 4.51. The van der Waals surface area contributed by atoms with Crippen molar-refractivity contribution >= 4 is 5.65 Å². The number of methoxy groups -OCH3 is 2. The molecule has 0 amide bonds. The molecule has 1 saturated heterocycles. The molecule has 136 valence electrons. The third-order valence-electron chi connectivity index (χ3n) is 5.05. The molecular weight excluding hydrogens is 328 g/mol. The molecule has 3 aromatic rings. The molecule has 6 nitrogen and oxygen atoms in total. The Morgan fingerprint density at radius 2 is 2.00 bits per heavy atom. The van der Waals surface area contributed by atoms with Crippen molar-refractivity contribution in [2.75, 3.05) is 34.4 Å². The van der Waals surface area contributed by atoms with Gasteiger partial charge in [-0.3, -0.25) is 0 Å². The fourth-order valence-corrected chi connectivity index (χ4v) is 3.72. The topological polar surface area (TPSA) is 51.9 Å². The Morgan fingerprint density at radius 1 is 1.12 bits per heavy atom. The summed E-state index contributed by atoms with van der Waals surface area (Å²) in [5.41, 5.74) is 2.87. The van der Waals surface area contributed by atoms with Crippen molar-refractivity contribution in [3.63, 3.8) is 0 Å². The third-order valence-corrected chi connectivity index (χ3v) is 5.05. The molecule has 1 atom stereocenters. The van der Waals surface area contributed by atoms with E-state index in [4.69, 9.17) is 19.6 Å². The van der Waals surface area contributed by atoms with Crippen molar-refractivity contribution in [3.05, 3.63) is 42.4 Å². The van der Waals surface area contributed by atoms with E-state index in [-0.39, 0.29) is 0 Å². The van der Waals surface area contributed by atoms with Gasteiger partial charge in [0.2, 0.25) is 0 Å². The van der Waals surface area contributed by atoms with E-state index in [0.717, 1.165) is 53.6 Å². The molecule has 0 bridgehead atoms. The molecule has 0 aliphatic carbocycles. The highest BCUT2D eigenvalue weighted by atomic mass is 16.5. The van der Waals surface area contributed by atoms with Crippen LogP contribution in [-0.4, -0.2) is 53.9 Å². The summed E-state index contributed by atoms with van der Waals surface area (Å²) in [5, 5.41) is 4.76.